The lowest BCUT2D eigenvalue weighted by molar-refractivity contribution is -0.154. The number of hydrogen-bond donors (Lipinski definition) is 2. The molecule has 0 aromatic heterocycles. The van der Waals surface area contributed by atoms with Crippen LogP contribution < -0.4 is 5.73 Å². The van der Waals surface area contributed by atoms with Gasteiger partial charge in [0.05, 0.1) is 19.8 Å². The fourth-order valence-electron chi connectivity index (χ4n) is 7.54. The fraction of sp³-hybridized carbons (Fsp3) is 0.865. The zero-order chi connectivity index (χ0) is 44.4. The molecule has 0 aliphatic carbocycles. The molecule has 0 aliphatic rings. The summed E-state index contributed by atoms with van der Waals surface area (Å²) in [6.45, 7) is 4.85. The highest BCUT2D eigenvalue weighted by Gasteiger charge is 2.25. The molecule has 360 valence electrons. The standard InChI is InChI=1S/C52H100NO7P/c1-3-5-7-9-11-13-15-17-19-21-22-23-24-25-26-27-28-30-32-34-36-38-40-42-44-47-57-49-51(50-59-61(55,56)58-48-46-53)60-52(54)45-43-41-39-37-35-33-31-29-20-18-16-14-12-10-8-6-4-2/h6,8,12,14,18,20,51H,3-5,7,9-11,13,15-17,19,21-50,53H2,1-2H3,(H,55,56)/b8-6-,14-12-,20-18-. The number of unbranched alkanes of at least 4 members (excludes halogenated alkanes) is 31. The van der Waals surface area contributed by atoms with Crippen molar-refractivity contribution in [2.75, 3.05) is 33.0 Å². The molecule has 0 amide bonds. The third-order valence-electron chi connectivity index (χ3n) is 11.3. The lowest BCUT2D eigenvalue weighted by atomic mass is 10.0. The minimum atomic E-state index is -4.28. The molecular formula is C52H100NO7P. The Hall–Kier alpha value is -1.28. The molecule has 61 heavy (non-hydrogen) atoms. The van der Waals surface area contributed by atoms with E-state index in [1.807, 2.05) is 0 Å². The maximum Gasteiger partial charge on any atom is 0.472 e. The van der Waals surface area contributed by atoms with Crippen LogP contribution in [0.5, 0.6) is 0 Å². The second-order valence-electron chi connectivity index (χ2n) is 17.4. The Balaban J connectivity index is 3.87. The Bertz CT molecular complexity index is 1040. The van der Waals surface area contributed by atoms with E-state index in [1.54, 1.807) is 0 Å². The zero-order valence-corrected chi connectivity index (χ0v) is 41.1. The minimum absolute atomic E-state index is 0.0964. The molecule has 0 aromatic carbocycles. The van der Waals surface area contributed by atoms with Crippen LogP contribution in [0.15, 0.2) is 36.5 Å². The molecule has 9 heteroatoms. The third kappa shape index (κ3) is 49.6. The monoisotopic (exact) mass is 882 g/mol. The van der Waals surface area contributed by atoms with E-state index in [2.05, 4.69) is 50.3 Å². The van der Waals surface area contributed by atoms with Crippen LogP contribution in [0.3, 0.4) is 0 Å². The van der Waals surface area contributed by atoms with E-state index in [0.29, 0.717) is 13.0 Å². The van der Waals surface area contributed by atoms with Crippen LogP contribution in [-0.4, -0.2) is 49.9 Å². The lowest BCUT2D eigenvalue weighted by Gasteiger charge is -2.20. The number of phosphoric ester groups is 1. The van der Waals surface area contributed by atoms with Crippen LogP contribution in [0, 0.1) is 0 Å². The number of nitrogens with two attached hydrogens (primary N) is 1. The summed E-state index contributed by atoms with van der Waals surface area (Å²) >= 11 is 0. The second kappa shape index (κ2) is 49.7. The van der Waals surface area contributed by atoms with E-state index < -0.39 is 13.9 Å². The summed E-state index contributed by atoms with van der Waals surface area (Å²) < 4.78 is 33.6. The summed E-state index contributed by atoms with van der Waals surface area (Å²) in [5, 5.41) is 0. The number of phosphoric acid groups is 1. The van der Waals surface area contributed by atoms with Crippen molar-refractivity contribution < 1.29 is 32.8 Å². The highest BCUT2D eigenvalue weighted by molar-refractivity contribution is 7.47. The molecule has 0 rings (SSSR count). The van der Waals surface area contributed by atoms with Crippen molar-refractivity contribution in [1.82, 2.24) is 0 Å². The van der Waals surface area contributed by atoms with Crippen molar-refractivity contribution >= 4 is 13.8 Å². The van der Waals surface area contributed by atoms with Gasteiger partial charge in [0.2, 0.25) is 0 Å². The Morgan fingerprint density at radius 2 is 0.918 bits per heavy atom. The summed E-state index contributed by atoms with van der Waals surface area (Å²) in [5.41, 5.74) is 5.39. The largest absolute Gasteiger partial charge is 0.472 e. The van der Waals surface area contributed by atoms with Gasteiger partial charge in [0.25, 0.3) is 0 Å². The van der Waals surface area contributed by atoms with Crippen molar-refractivity contribution in [1.29, 1.82) is 0 Å². The molecule has 0 fully saturated rings. The van der Waals surface area contributed by atoms with Gasteiger partial charge in [-0.05, 0) is 44.9 Å². The molecule has 0 aromatic rings. The van der Waals surface area contributed by atoms with Crippen LogP contribution in [0.1, 0.15) is 251 Å². The lowest BCUT2D eigenvalue weighted by Crippen LogP contribution is -2.28. The van der Waals surface area contributed by atoms with E-state index in [4.69, 9.17) is 24.3 Å². The molecule has 3 N–H and O–H groups in total. The summed E-state index contributed by atoms with van der Waals surface area (Å²) in [4.78, 5) is 22.6. The van der Waals surface area contributed by atoms with Crippen molar-refractivity contribution in [2.24, 2.45) is 5.73 Å². The molecule has 0 spiro atoms. The first kappa shape index (κ1) is 59.7. The van der Waals surface area contributed by atoms with E-state index in [-0.39, 0.29) is 32.3 Å². The molecular weight excluding hydrogens is 782 g/mol. The predicted octanol–water partition coefficient (Wildman–Crippen LogP) is 16.1. The van der Waals surface area contributed by atoms with E-state index >= 15 is 0 Å². The summed E-state index contributed by atoms with van der Waals surface area (Å²) in [6, 6.07) is 0. The number of hydrogen-bond acceptors (Lipinski definition) is 7. The molecule has 0 saturated carbocycles. The van der Waals surface area contributed by atoms with Gasteiger partial charge in [-0.1, -0.05) is 237 Å². The van der Waals surface area contributed by atoms with Gasteiger partial charge >= 0.3 is 13.8 Å². The molecule has 0 bridgehead atoms. The Labute approximate surface area is 378 Å². The van der Waals surface area contributed by atoms with Crippen LogP contribution >= 0.6 is 7.82 Å². The van der Waals surface area contributed by atoms with Gasteiger partial charge < -0.3 is 20.1 Å². The number of allylic oxidation sites excluding steroid dienone is 6. The zero-order valence-electron chi connectivity index (χ0n) is 40.2. The highest BCUT2D eigenvalue weighted by Crippen LogP contribution is 2.43. The van der Waals surface area contributed by atoms with Gasteiger partial charge in [0.15, 0.2) is 0 Å². The van der Waals surface area contributed by atoms with Gasteiger partial charge in [-0.25, -0.2) is 4.57 Å². The normalized spacial score (nSPS) is 13.6. The van der Waals surface area contributed by atoms with Crippen LogP contribution in [0.25, 0.3) is 0 Å². The number of carbonyl (C=O) groups is 1. The molecule has 0 saturated heterocycles. The smallest absolute Gasteiger partial charge is 0.457 e. The van der Waals surface area contributed by atoms with Crippen LogP contribution in [0.4, 0.5) is 0 Å². The van der Waals surface area contributed by atoms with Crippen LogP contribution in [-0.2, 0) is 27.9 Å². The summed E-state index contributed by atoms with van der Waals surface area (Å²) in [7, 11) is -4.28. The van der Waals surface area contributed by atoms with E-state index in [0.717, 1.165) is 57.8 Å². The molecule has 8 nitrogen and oxygen atoms in total. The van der Waals surface area contributed by atoms with Crippen molar-refractivity contribution in [2.45, 2.75) is 258 Å². The first-order chi connectivity index (χ1) is 29.9. The SMILES string of the molecule is CC/C=C\C/C=C\C/C=C\CCCCCCCCCC(=O)OC(COCCCCCCCCCCCCCCCCCCCCCCCCCCC)COP(=O)(O)OCCN. The van der Waals surface area contributed by atoms with Gasteiger partial charge in [-0.15, -0.1) is 0 Å². The van der Waals surface area contributed by atoms with Gasteiger partial charge in [-0.2, -0.15) is 0 Å². The Morgan fingerprint density at radius 1 is 0.508 bits per heavy atom. The Morgan fingerprint density at radius 3 is 1.38 bits per heavy atom. The van der Waals surface area contributed by atoms with Crippen LogP contribution in [0.2, 0.25) is 0 Å². The van der Waals surface area contributed by atoms with E-state index in [9.17, 15) is 14.3 Å². The maximum atomic E-state index is 12.6. The first-order valence-electron chi connectivity index (χ1n) is 26.0. The average Bonchev–Trinajstić information content (AvgIpc) is 3.25. The molecule has 2 unspecified atom stereocenters. The quantitative estimate of drug-likeness (QED) is 0.0268. The Kier molecular flexibility index (Phi) is 48.7. The number of esters is 1. The predicted molar refractivity (Wildman–Crippen MR) is 261 cm³/mol. The summed E-state index contributed by atoms with van der Waals surface area (Å²) in [6.07, 6.45) is 59.0. The van der Waals surface area contributed by atoms with E-state index in [1.165, 1.54) is 173 Å². The second-order valence-corrected chi connectivity index (χ2v) is 18.8. The number of carbonyl (C=O) groups excluding carboxylic acids is 1. The molecule has 0 heterocycles. The fourth-order valence-corrected chi connectivity index (χ4v) is 8.31. The molecule has 0 radical (unpaired) electrons. The molecule has 2 atom stereocenters. The van der Waals surface area contributed by atoms with Crippen molar-refractivity contribution in [3.8, 4) is 0 Å². The summed E-state index contributed by atoms with van der Waals surface area (Å²) in [5.74, 6) is -0.336. The topological polar surface area (TPSA) is 117 Å². The highest BCUT2D eigenvalue weighted by atomic mass is 31.2. The van der Waals surface area contributed by atoms with Gasteiger partial charge in [0, 0.05) is 19.6 Å². The van der Waals surface area contributed by atoms with Crippen molar-refractivity contribution in [3.05, 3.63) is 36.5 Å². The minimum Gasteiger partial charge on any atom is -0.457 e. The number of rotatable bonds is 50. The third-order valence-corrected chi connectivity index (χ3v) is 12.3. The average molecular weight is 882 g/mol. The van der Waals surface area contributed by atoms with Crippen molar-refractivity contribution in [3.63, 3.8) is 0 Å². The first-order valence-corrected chi connectivity index (χ1v) is 27.5. The molecule has 0 aliphatic heterocycles. The number of ether oxygens (including phenoxy) is 2. The van der Waals surface area contributed by atoms with Gasteiger partial charge in [0.1, 0.15) is 6.10 Å². The van der Waals surface area contributed by atoms with Gasteiger partial charge in [-0.3, -0.25) is 13.8 Å². The maximum absolute atomic E-state index is 12.6.